The lowest BCUT2D eigenvalue weighted by Gasteiger charge is -2.23. The third kappa shape index (κ3) is 2.56. The Hall–Kier alpha value is -0.450. The average Bonchev–Trinajstić information content (AvgIpc) is 2.87. The summed E-state index contributed by atoms with van der Waals surface area (Å²) in [6.07, 6.45) is 4.04. The van der Waals surface area contributed by atoms with E-state index < -0.39 is 0 Å². The topological polar surface area (TPSA) is 34.1 Å². The zero-order valence-electron chi connectivity index (χ0n) is 9.27. The first kappa shape index (κ1) is 11.0. The van der Waals surface area contributed by atoms with Crippen molar-refractivity contribution in [3.05, 3.63) is 16.6 Å². The Bertz CT molecular complexity index is 289. The van der Waals surface area contributed by atoms with E-state index in [9.17, 15) is 0 Å². The molecule has 0 aromatic carbocycles. The Morgan fingerprint density at radius 2 is 2.47 bits per heavy atom. The van der Waals surface area contributed by atoms with E-state index in [0.717, 1.165) is 5.69 Å². The summed E-state index contributed by atoms with van der Waals surface area (Å²) in [4.78, 5) is 4.32. The van der Waals surface area contributed by atoms with Crippen molar-refractivity contribution in [2.24, 2.45) is 0 Å². The Morgan fingerprint density at radius 3 is 3.13 bits per heavy atom. The lowest BCUT2D eigenvalue weighted by atomic mass is 10.1. The highest BCUT2D eigenvalue weighted by Crippen LogP contribution is 2.24. The first-order valence-electron chi connectivity index (χ1n) is 5.48. The zero-order chi connectivity index (χ0) is 10.7. The molecule has 0 spiro atoms. The number of rotatable bonds is 4. The Morgan fingerprint density at radius 1 is 1.60 bits per heavy atom. The van der Waals surface area contributed by atoms with E-state index in [4.69, 9.17) is 4.74 Å². The van der Waals surface area contributed by atoms with Crippen molar-refractivity contribution >= 4 is 11.3 Å². The van der Waals surface area contributed by atoms with Crippen molar-refractivity contribution in [1.29, 1.82) is 0 Å². The number of nitrogens with zero attached hydrogens (tertiary/aromatic N) is 1. The molecular formula is C11H18N2OS. The highest BCUT2D eigenvalue weighted by molar-refractivity contribution is 7.07. The van der Waals surface area contributed by atoms with Gasteiger partial charge < -0.3 is 10.1 Å². The Kier molecular flexibility index (Phi) is 3.72. The fraction of sp³-hybridized carbons (Fsp3) is 0.727. The molecule has 1 N–H and O–H groups in total. The molecule has 1 aromatic heterocycles. The van der Waals surface area contributed by atoms with Crippen molar-refractivity contribution in [2.75, 3.05) is 7.11 Å². The van der Waals surface area contributed by atoms with E-state index in [2.05, 4.69) is 22.6 Å². The molecule has 1 aliphatic rings. The van der Waals surface area contributed by atoms with Crippen LogP contribution in [0, 0.1) is 0 Å². The molecule has 1 aromatic rings. The number of aromatic nitrogens is 1. The molecule has 0 radical (unpaired) electrons. The Labute approximate surface area is 94.9 Å². The lowest BCUT2D eigenvalue weighted by Crippen LogP contribution is -2.38. The molecule has 3 atom stereocenters. The molecule has 0 amide bonds. The van der Waals surface area contributed by atoms with Gasteiger partial charge in [0.1, 0.15) is 0 Å². The molecule has 0 bridgehead atoms. The molecule has 0 aliphatic heterocycles. The van der Waals surface area contributed by atoms with Gasteiger partial charge in [0, 0.05) is 24.6 Å². The van der Waals surface area contributed by atoms with Crippen molar-refractivity contribution in [2.45, 2.75) is 44.4 Å². The maximum Gasteiger partial charge on any atom is 0.0795 e. The molecule has 4 heteroatoms. The molecular weight excluding hydrogens is 208 g/mol. The monoisotopic (exact) mass is 226 g/mol. The highest BCUT2D eigenvalue weighted by Gasteiger charge is 2.28. The highest BCUT2D eigenvalue weighted by atomic mass is 32.1. The summed E-state index contributed by atoms with van der Waals surface area (Å²) in [6, 6.07) is 0.823. The van der Waals surface area contributed by atoms with E-state index >= 15 is 0 Å². The lowest BCUT2D eigenvalue weighted by molar-refractivity contribution is 0.0818. The van der Waals surface area contributed by atoms with Gasteiger partial charge in [-0.25, -0.2) is 4.98 Å². The fourth-order valence-corrected chi connectivity index (χ4v) is 2.89. The van der Waals surface area contributed by atoms with Crippen molar-refractivity contribution in [3.63, 3.8) is 0 Å². The van der Waals surface area contributed by atoms with Gasteiger partial charge in [-0.1, -0.05) is 0 Å². The summed E-state index contributed by atoms with van der Waals surface area (Å²) in [7, 11) is 1.80. The number of hydrogen-bond acceptors (Lipinski definition) is 4. The summed E-state index contributed by atoms with van der Waals surface area (Å²) >= 11 is 1.65. The first-order chi connectivity index (χ1) is 7.31. The number of ether oxygens (including phenoxy) is 1. The van der Waals surface area contributed by atoms with Gasteiger partial charge in [-0.05, 0) is 26.2 Å². The number of nitrogens with one attached hydrogen (secondary N) is 1. The van der Waals surface area contributed by atoms with Crippen LogP contribution in [0.4, 0.5) is 0 Å². The van der Waals surface area contributed by atoms with Crippen LogP contribution in [0.1, 0.15) is 37.9 Å². The standard InChI is InChI=1S/C11H18N2OS/c1-8(10-6-15-7-12-10)13-9-4-3-5-11(9)14-2/h6-9,11,13H,3-5H2,1-2H3. The van der Waals surface area contributed by atoms with E-state index in [-0.39, 0.29) is 0 Å². The minimum atomic E-state index is 0.331. The number of hydrogen-bond donors (Lipinski definition) is 1. The predicted octanol–water partition coefficient (Wildman–Crippen LogP) is 2.36. The van der Waals surface area contributed by atoms with Gasteiger partial charge in [-0.15, -0.1) is 11.3 Å². The van der Waals surface area contributed by atoms with E-state index in [1.807, 2.05) is 5.51 Å². The summed E-state index contributed by atoms with van der Waals surface area (Å²) in [5.74, 6) is 0. The van der Waals surface area contributed by atoms with Crippen LogP contribution in [0.15, 0.2) is 10.9 Å². The van der Waals surface area contributed by atoms with E-state index in [1.54, 1.807) is 18.4 Å². The SMILES string of the molecule is COC1CCCC1NC(C)c1cscn1. The van der Waals surface area contributed by atoms with Gasteiger partial charge in [-0.2, -0.15) is 0 Å². The van der Waals surface area contributed by atoms with Crippen LogP contribution in [0.25, 0.3) is 0 Å². The molecule has 1 aliphatic carbocycles. The fourth-order valence-electron chi connectivity index (χ4n) is 2.24. The molecule has 1 saturated carbocycles. The molecule has 3 nitrogen and oxygen atoms in total. The van der Waals surface area contributed by atoms with Crippen LogP contribution in [0.3, 0.4) is 0 Å². The third-order valence-electron chi connectivity index (χ3n) is 3.11. The first-order valence-corrected chi connectivity index (χ1v) is 6.42. The minimum Gasteiger partial charge on any atom is -0.380 e. The molecule has 15 heavy (non-hydrogen) atoms. The predicted molar refractivity (Wildman–Crippen MR) is 62.1 cm³/mol. The van der Waals surface area contributed by atoms with Crippen LogP contribution < -0.4 is 5.32 Å². The smallest absolute Gasteiger partial charge is 0.0795 e. The number of thiazole rings is 1. The van der Waals surface area contributed by atoms with Crippen LogP contribution in [-0.4, -0.2) is 24.2 Å². The maximum atomic E-state index is 5.46. The summed E-state index contributed by atoms with van der Waals surface area (Å²) in [6.45, 7) is 2.17. The molecule has 1 heterocycles. The van der Waals surface area contributed by atoms with Crippen LogP contribution in [0.2, 0.25) is 0 Å². The van der Waals surface area contributed by atoms with Crippen molar-refractivity contribution in [3.8, 4) is 0 Å². The largest absolute Gasteiger partial charge is 0.380 e. The molecule has 2 rings (SSSR count). The van der Waals surface area contributed by atoms with Gasteiger partial charge in [-0.3, -0.25) is 0 Å². The quantitative estimate of drug-likeness (QED) is 0.856. The van der Waals surface area contributed by atoms with Crippen LogP contribution in [0.5, 0.6) is 0 Å². The van der Waals surface area contributed by atoms with Gasteiger partial charge in [0.25, 0.3) is 0 Å². The minimum absolute atomic E-state index is 0.331. The molecule has 1 fully saturated rings. The molecule has 84 valence electrons. The third-order valence-corrected chi connectivity index (χ3v) is 3.72. The van der Waals surface area contributed by atoms with Gasteiger partial charge in [0.2, 0.25) is 0 Å². The molecule has 0 saturated heterocycles. The van der Waals surface area contributed by atoms with Gasteiger partial charge in [0.15, 0.2) is 0 Å². The summed E-state index contributed by atoms with van der Waals surface area (Å²) < 4.78 is 5.46. The van der Waals surface area contributed by atoms with Gasteiger partial charge in [0.05, 0.1) is 17.3 Å². The summed E-state index contributed by atoms with van der Waals surface area (Å²) in [5.41, 5.74) is 3.03. The van der Waals surface area contributed by atoms with E-state index in [0.29, 0.717) is 18.2 Å². The van der Waals surface area contributed by atoms with Crippen LogP contribution in [-0.2, 0) is 4.74 Å². The molecule has 3 unspecified atom stereocenters. The maximum absolute atomic E-state index is 5.46. The second-order valence-electron chi connectivity index (χ2n) is 4.11. The normalized spacial score (nSPS) is 28.1. The van der Waals surface area contributed by atoms with Gasteiger partial charge >= 0.3 is 0 Å². The van der Waals surface area contributed by atoms with Crippen molar-refractivity contribution < 1.29 is 4.74 Å². The zero-order valence-corrected chi connectivity index (χ0v) is 10.1. The summed E-state index contributed by atoms with van der Waals surface area (Å²) in [5, 5.41) is 5.71. The second-order valence-corrected chi connectivity index (χ2v) is 4.83. The average molecular weight is 226 g/mol. The van der Waals surface area contributed by atoms with Crippen molar-refractivity contribution in [1.82, 2.24) is 10.3 Å². The number of methoxy groups -OCH3 is 1. The Balaban J connectivity index is 1.91. The second kappa shape index (κ2) is 5.05. The van der Waals surface area contributed by atoms with Crippen LogP contribution >= 0.6 is 11.3 Å². The van der Waals surface area contributed by atoms with E-state index in [1.165, 1.54) is 19.3 Å².